The van der Waals surface area contributed by atoms with Gasteiger partial charge in [-0.05, 0) is 13.5 Å². The Labute approximate surface area is 123 Å². The van der Waals surface area contributed by atoms with E-state index < -0.39 is 9.84 Å². The third-order valence-corrected chi connectivity index (χ3v) is 5.09. The summed E-state index contributed by atoms with van der Waals surface area (Å²) in [7, 11) is 0.261. The van der Waals surface area contributed by atoms with Crippen LogP contribution in [-0.4, -0.2) is 67.4 Å². The van der Waals surface area contributed by atoms with E-state index in [-0.39, 0.29) is 30.0 Å². The lowest BCUT2D eigenvalue weighted by atomic mass is 10.2. The highest BCUT2D eigenvalue weighted by Crippen LogP contribution is 2.16. The lowest BCUT2D eigenvalue weighted by Gasteiger charge is -2.22. The average Bonchev–Trinajstić information content (AvgIpc) is 2.79. The fraction of sp³-hybridized carbons (Fsp3) is 0.583. The van der Waals surface area contributed by atoms with Crippen LogP contribution in [0.15, 0.2) is 12.4 Å². The predicted octanol–water partition coefficient (Wildman–Crippen LogP) is -0.457. The number of carbonyl (C=O) groups is 1. The molecule has 1 fully saturated rings. The standard InChI is InChI=1S/C12H18N4O4S/c1-16(9-3-4-21(18,19)7-9)6-11(17)15-10-5-12(20-2)14-8-13-10/h5,8-9H,3-4,6-7H2,1-2H3,(H,13,14,15,17). The molecule has 0 spiro atoms. The zero-order chi connectivity index (χ0) is 15.5. The van der Waals surface area contributed by atoms with Crippen molar-refractivity contribution in [1.29, 1.82) is 0 Å². The third kappa shape index (κ3) is 4.36. The molecule has 1 aromatic heterocycles. The number of methoxy groups -OCH3 is 1. The second-order valence-corrected chi connectivity index (χ2v) is 7.19. The van der Waals surface area contributed by atoms with Crippen LogP contribution in [0.25, 0.3) is 0 Å². The summed E-state index contributed by atoms with van der Waals surface area (Å²) < 4.78 is 27.8. The Balaban J connectivity index is 1.89. The lowest BCUT2D eigenvalue weighted by molar-refractivity contribution is -0.117. The Morgan fingerprint density at radius 2 is 2.29 bits per heavy atom. The van der Waals surface area contributed by atoms with Crippen LogP contribution in [0.3, 0.4) is 0 Å². The van der Waals surface area contributed by atoms with Crippen molar-refractivity contribution in [2.75, 3.05) is 37.5 Å². The first-order valence-corrected chi connectivity index (χ1v) is 8.28. The highest BCUT2D eigenvalue weighted by molar-refractivity contribution is 7.91. The molecular weight excluding hydrogens is 296 g/mol. The second-order valence-electron chi connectivity index (χ2n) is 4.97. The minimum atomic E-state index is -2.95. The van der Waals surface area contributed by atoms with Gasteiger partial charge in [-0.15, -0.1) is 0 Å². The molecule has 2 rings (SSSR count). The molecule has 1 unspecified atom stereocenters. The molecule has 0 bridgehead atoms. The Kier molecular flexibility index (Phi) is 4.73. The number of aromatic nitrogens is 2. The summed E-state index contributed by atoms with van der Waals surface area (Å²) >= 11 is 0. The molecule has 0 saturated carbocycles. The van der Waals surface area contributed by atoms with Gasteiger partial charge in [-0.25, -0.2) is 18.4 Å². The molecule has 1 aliphatic heterocycles. The van der Waals surface area contributed by atoms with E-state index in [4.69, 9.17) is 4.74 Å². The molecule has 0 aromatic carbocycles. The Hall–Kier alpha value is -1.74. The summed E-state index contributed by atoms with van der Waals surface area (Å²) in [5, 5.41) is 2.63. The van der Waals surface area contributed by atoms with Crippen molar-refractivity contribution in [2.45, 2.75) is 12.5 Å². The third-order valence-electron chi connectivity index (χ3n) is 3.34. The van der Waals surface area contributed by atoms with E-state index in [1.54, 1.807) is 11.9 Å². The van der Waals surface area contributed by atoms with Gasteiger partial charge in [0.25, 0.3) is 0 Å². The first kappa shape index (κ1) is 15.6. The normalized spacial score (nSPS) is 20.4. The first-order valence-electron chi connectivity index (χ1n) is 6.46. The van der Waals surface area contributed by atoms with Crippen LogP contribution in [0.4, 0.5) is 5.82 Å². The lowest BCUT2D eigenvalue weighted by Crippen LogP contribution is -2.38. The summed E-state index contributed by atoms with van der Waals surface area (Å²) in [5.74, 6) is 0.738. The zero-order valence-electron chi connectivity index (χ0n) is 11.9. The summed E-state index contributed by atoms with van der Waals surface area (Å²) in [5.41, 5.74) is 0. The van der Waals surface area contributed by atoms with Crippen LogP contribution in [0.2, 0.25) is 0 Å². The van der Waals surface area contributed by atoms with Gasteiger partial charge < -0.3 is 10.1 Å². The first-order chi connectivity index (χ1) is 9.89. The molecule has 1 aromatic rings. The topological polar surface area (TPSA) is 101 Å². The smallest absolute Gasteiger partial charge is 0.239 e. The van der Waals surface area contributed by atoms with Crippen LogP contribution in [0, 0.1) is 0 Å². The monoisotopic (exact) mass is 314 g/mol. The quantitative estimate of drug-likeness (QED) is 0.785. The summed E-state index contributed by atoms with van der Waals surface area (Å²) in [6, 6.07) is 1.40. The van der Waals surface area contributed by atoms with Gasteiger partial charge in [-0.1, -0.05) is 0 Å². The number of likely N-dealkylation sites (N-methyl/N-ethyl adjacent to an activating group) is 1. The maximum atomic E-state index is 11.9. The van der Waals surface area contributed by atoms with Crippen LogP contribution < -0.4 is 10.1 Å². The number of anilines is 1. The number of carbonyl (C=O) groups excluding carboxylic acids is 1. The molecule has 8 nitrogen and oxygen atoms in total. The molecule has 21 heavy (non-hydrogen) atoms. The largest absolute Gasteiger partial charge is 0.481 e. The van der Waals surface area contributed by atoms with E-state index in [0.29, 0.717) is 18.1 Å². The van der Waals surface area contributed by atoms with E-state index >= 15 is 0 Å². The van der Waals surface area contributed by atoms with Crippen LogP contribution >= 0.6 is 0 Å². The van der Waals surface area contributed by atoms with Gasteiger partial charge in [-0.3, -0.25) is 9.69 Å². The molecule has 116 valence electrons. The number of amides is 1. The molecule has 0 radical (unpaired) electrons. The van der Waals surface area contributed by atoms with Crippen molar-refractivity contribution in [2.24, 2.45) is 0 Å². The maximum absolute atomic E-state index is 11.9. The molecule has 1 saturated heterocycles. The van der Waals surface area contributed by atoms with Gasteiger partial charge >= 0.3 is 0 Å². The molecule has 2 heterocycles. The number of hydrogen-bond acceptors (Lipinski definition) is 7. The Morgan fingerprint density at radius 3 is 2.90 bits per heavy atom. The SMILES string of the molecule is COc1cc(NC(=O)CN(C)C2CCS(=O)(=O)C2)ncn1. The van der Waals surface area contributed by atoms with Gasteiger partial charge in [0, 0.05) is 12.1 Å². The highest BCUT2D eigenvalue weighted by atomic mass is 32.2. The van der Waals surface area contributed by atoms with E-state index in [2.05, 4.69) is 15.3 Å². The van der Waals surface area contributed by atoms with E-state index in [1.165, 1.54) is 19.5 Å². The van der Waals surface area contributed by atoms with Gasteiger partial charge in [0.1, 0.15) is 12.1 Å². The fourth-order valence-corrected chi connectivity index (χ4v) is 3.99. The van der Waals surface area contributed by atoms with Crippen molar-refractivity contribution >= 4 is 21.6 Å². The number of nitrogens with one attached hydrogen (secondary N) is 1. The van der Waals surface area contributed by atoms with Gasteiger partial charge in [0.15, 0.2) is 9.84 Å². The molecule has 9 heteroatoms. The number of hydrogen-bond donors (Lipinski definition) is 1. The second kappa shape index (κ2) is 6.35. The van der Waals surface area contributed by atoms with Crippen LogP contribution in [0.5, 0.6) is 5.88 Å². The van der Waals surface area contributed by atoms with Gasteiger partial charge in [-0.2, -0.15) is 0 Å². The van der Waals surface area contributed by atoms with Crippen molar-refractivity contribution < 1.29 is 17.9 Å². The Morgan fingerprint density at radius 1 is 1.52 bits per heavy atom. The van der Waals surface area contributed by atoms with Crippen LogP contribution in [0.1, 0.15) is 6.42 Å². The Bertz CT molecular complexity index is 619. The van der Waals surface area contributed by atoms with Gasteiger partial charge in [0.2, 0.25) is 11.8 Å². The zero-order valence-corrected chi connectivity index (χ0v) is 12.8. The molecule has 1 N–H and O–H groups in total. The highest BCUT2D eigenvalue weighted by Gasteiger charge is 2.31. The molecule has 1 atom stereocenters. The van der Waals surface area contributed by atoms with E-state index in [0.717, 1.165) is 0 Å². The van der Waals surface area contributed by atoms with Crippen molar-refractivity contribution in [3.8, 4) is 5.88 Å². The average molecular weight is 314 g/mol. The number of rotatable bonds is 5. The molecule has 1 aliphatic rings. The predicted molar refractivity (Wildman–Crippen MR) is 76.9 cm³/mol. The van der Waals surface area contributed by atoms with Gasteiger partial charge in [0.05, 0.1) is 25.2 Å². The fourth-order valence-electron chi connectivity index (χ4n) is 2.18. The maximum Gasteiger partial charge on any atom is 0.239 e. The van der Waals surface area contributed by atoms with Crippen molar-refractivity contribution in [3.63, 3.8) is 0 Å². The van der Waals surface area contributed by atoms with Crippen molar-refractivity contribution in [1.82, 2.24) is 14.9 Å². The van der Waals surface area contributed by atoms with Crippen molar-refractivity contribution in [3.05, 3.63) is 12.4 Å². The number of ether oxygens (including phenoxy) is 1. The molecule has 1 amide bonds. The van der Waals surface area contributed by atoms with E-state index in [9.17, 15) is 13.2 Å². The number of nitrogens with zero attached hydrogens (tertiary/aromatic N) is 3. The minimum absolute atomic E-state index is 0.104. The number of sulfone groups is 1. The summed E-state index contributed by atoms with van der Waals surface area (Å²) in [6.07, 6.45) is 1.86. The summed E-state index contributed by atoms with van der Waals surface area (Å²) in [4.78, 5) is 21.4. The molecule has 0 aliphatic carbocycles. The minimum Gasteiger partial charge on any atom is -0.481 e. The van der Waals surface area contributed by atoms with E-state index in [1.807, 2.05) is 0 Å². The summed E-state index contributed by atoms with van der Waals surface area (Å²) in [6.45, 7) is 0.104. The van der Waals surface area contributed by atoms with Crippen LogP contribution in [-0.2, 0) is 14.6 Å². The molecular formula is C12H18N4O4S.